The lowest BCUT2D eigenvalue weighted by Gasteiger charge is -2.03. The number of carbonyl (C=O) groups is 1. The summed E-state index contributed by atoms with van der Waals surface area (Å²) in [6.45, 7) is 4.33. The molecule has 1 aromatic rings. The molecule has 1 rings (SSSR count). The minimum atomic E-state index is -0.201. The van der Waals surface area contributed by atoms with E-state index in [1.165, 1.54) is 17.3 Å². The number of hydrogen-bond donors (Lipinski definition) is 0. The highest BCUT2D eigenvalue weighted by Crippen LogP contribution is 2.09. The molecule has 0 heterocycles. The van der Waals surface area contributed by atoms with Crippen LogP contribution in [0.4, 0.5) is 4.79 Å². The first-order chi connectivity index (χ1) is 6.72. The van der Waals surface area contributed by atoms with Crippen LogP contribution in [0.1, 0.15) is 18.1 Å². The van der Waals surface area contributed by atoms with Crippen molar-refractivity contribution in [1.82, 2.24) is 0 Å². The van der Waals surface area contributed by atoms with Gasteiger partial charge >= 0.3 is 5.30 Å². The Morgan fingerprint density at radius 2 is 2.00 bits per heavy atom. The molecule has 0 bridgehead atoms. The Morgan fingerprint density at radius 1 is 1.36 bits per heavy atom. The van der Waals surface area contributed by atoms with E-state index in [-0.39, 0.29) is 5.30 Å². The zero-order valence-corrected chi connectivity index (χ0v) is 9.26. The second-order valence-corrected chi connectivity index (χ2v) is 4.16. The van der Waals surface area contributed by atoms with Crippen molar-refractivity contribution in [3.05, 3.63) is 35.4 Å². The zero-order chi connectivity index (χ0) is 10.4. The van der Waals surface area contributed by atoms with Crippen LogP contribution in [0.5, 0.6) is 0 Å². The van der Waals surface area contributed by atoms with E-state index < -0.39 is 0 Å². The van der Waals surface area contributed by atoms with Crippen LogP contribution >= 0.6 is 11.8 Å². The predicted octanol–water partition coefficient (Wildman–Crippen LogP) is 3.38. The van der Waals surface area contributed by atoms with Gasteiger partial charge in [0.1, 0.15) is 6.61 Å². The second-order valence-electron chi connectivity index (χ2n) is 2.96. The van der Waals surface area contributed by atoms with Gasteiger partial charge in [-0.15, -0.1) is 0 Å². The van der Waals surface area contributed by atoms with E-state index in [4.69, 9.17) is 4.74 Å². The Kier molecular flexibility index (Phi) is 4.53. The van der Waals surface area contributed by atoms with Crippen LogP contribution in [0.15, 0.2) is 24.3 Å². The summed E-state index contributed by atoms with van der Waals surface area (Å²) in [5.74, 6) is 0.757. The molecule has 3 heteroatoms. The number of rotatable bonds is 3. The third kappa shape index (κ3) is 3.83. The summed E-state index contributed by atoms with van der Waals surface area (Å²) < 4.78 is 5.03. The molecule has 0 saturated heterocycles. The Bertz CT molecular complexity index is 293. The van der Waals surface area contributed by atoms with Crippen LogP contribution in [-0.4, -0.2) is 11.1 Å². The van der Waals surface area contributed by atoms with Crippen LogP contribution in [-0.2, 0) is 11.3 Å². The lowest BCUT2D eigenvalue weighted by atomic mass is 10.2. The zero-order valence-electron chi connectivity index (χ0n) is 8.45. The fraction of sp³-hybridized carbons (Fsp3) is 0.364. The van der Waals surface area contributed by atoms with Crippen LogP contribution in [0.3, 0.4) is 0 Å². The van der Waals surface area contributed by atoms with E-state index in [2.05, 4.69) is 0 Å². The molecule has 0 atom stereocenters. The molecule has 0 aliphatic carbocycles. The average Bonchev–Trinajstić information content (AvgIpc) is 2.17. The van der Waals surface area contributed by atoms with Crippen molar-refractivity contribution in [2.45, 2.75) is 20.5 Å². The number of ether oxygens (including phenoxy) is 1. The molecule has 2 nitrogen and oxygen atoms in total. The topological polar surface area (TPSA) is 26.3 Å². The third-order valence-electron chi connectivity index (χ3n) is 1.74. The fourth-order valence-electron chi connectivity index (χ4n) is 0.986. The van der Waals surface area contributed by atoms with Crippen LogP contribution in [0.25, 0.3) is 0 Å². The molecule has 0 aliphatic rings. The molecule has 0 radical (unpaired) electrons. The number of thioether (sulfide) groups is 1. The van der Waals surface area contributed by atoms with Crippen molar-refractivity contribution >= 4 is 17.1 Å². The van der Waals surface area contributed by atoms with Crippen LogP contribution < -0.4 is 0 Å². The second kappa shape index (κ2) is 5.70. The van der Waals surface area contributed by atoms with Crippen molar-refractivity contribution in [2.75, 3.05) is 5.75 Å². The summed E-state index contributed by atoms with van der Waals surface area (Å²) in [6.07, 6.45) is 0. The molecular weight excluding hydrogens is 196 g/mol. The fourth-order valence-corrected chi connectivity index (χ4v) is 1.36. The van der Waals surface area contributed by atoms with Crippen molar-refractivity contribution in [3.63, 3.8) is 0 Å². The van der Waals surface area contributed by atoms with Crippen molar-refractivity contribution in [1.29, 1.82) is 0 Å². The standard InChI is InChI=1S/C11H14O2S/c1-3-14-11(12)13-8-10-6-4-9(2)5-7-10/h4-7H,3,8H2,1-2H3. The van der Waals surface area contributed by atoms with E-state index in [9.17, 15) is 4.79 Å². The summed E-state index contributed by atoms with van der Waals surface area (Å²) in [5.41, 5.74) is 2.24. The van der Waals surface area contributed by atoms with Gasteiger partial charge in [0.05, 0.1) is 0 Å². The quantitative estimate of drug-likeness (QED) is 0.715. The van der Waals surface area contributed by atoms with Gasteiger partial charge in [-0.1, -0.05) is 36.8 Å². The lowest BCUT2D eigenvalue weighted by molar-refractivity contribution is 0.169. The number of hydrogen-bond acceptors (Lipinski definition) is 3. The SMILES string of the molecule is CCSC(=O)OCc1ccc(C)cc1. The Labute approximate surface area is 88.7 Å². The average molecular weight is 210 g/mol. The summed E-state index contributed by atoms with van der Waals surface area (Å²) in [5, 5.41) is -0.201. The van der Waals surface area contributed by atoms with E-state index in [0.29, 0.717) is 6.61 Å². The molecule has 14 heavy (non-hydrogen) atoms. The maximum absolute atomic E-state index is 11.0. The van der Waals surface area contributed by atoms with E-state index in [1.807, 2.05) is 38.1 Å². The smallest absolute Gasteiger partial charge is 0.367 e. The molecule has 76 valence electrons. The van der Waals surface area contributed by atoms with Gasteiger partial charge in [-0.2, -0.15) is 0 Å². The number of carbonyl (C=O) groups excluding carboxylic acids is 1. The predicted molar refractivity (Wildman–Crippen MR) is 59.5 cm³/mol. The minimum absolute atomic E-state index is 0.201. The minimum Gasteiger partial charge on any atom is -0.453 e. The van der Waals surface area contributed by atoms with Crippen LogP contribution in [0.2, 0.25) is 0 Å². The molecule has 0 aromatic heterocycles. The van der Waals surface area contributed by atoms with Gasteiger partial charge in [-0.3, -0.25) is 0 Å². The first kappa shape index (κ1) is 11.1. The Morgan fingerprint density at radius 3 is 2.57 bits per heavy atom. The number of aryl methyl sites for hydroxylation is 1. The molecule has 0 amide bonds. The molecular formula is C11H14O2S. The molecule has 0 unspecified atom stereocenters. The van der Waals surface area contributed by atoms with Gasteiger partial charge in [0.15, 0.2) is 0 Å². The van der Waals surface area contributed by atoms with Gasteiger partial charge in [-0.05, 0) is 24.2 Å². The van der Waals surface area contributed by atoms with Gasteiger partial charge in [0.2, 0.25) is 0 Å². The van der Waals surface area contributed by atoms with Gasteiger partial charge in [0, 0.05) is 5.75 Å². The monoisotopic (exact) mass is 210 g/mol. The van der Waals surface area contributed by atoms with Gasteiger partial charge < -0.3 is 4.74 Å². The van der Waals surface area contributed by atoms with E-state index in [0.717, 1.165) is 11.3 Å². The van der Waals surface area contributed by atoms with Crippen molar-refractivity contribution < 1.29 is 9.53 Å². The Hall–Kier alpha value is -0.960. The van der Waals surface area contributed by atoms with Crippen LogP contribution in [0, 0.1) is 6.92 Å². The molecule has 0 N–H and O–H groups in total. The van der Waals surface area contributed by atoms with Gasteiger partial charge in [-0.25, -0.2) is 4.79 Å². The largest absolute Gasteiger partial charge is 0.453 e. The maximum atomic E-state index is 11.0. The first-order valence-electron chi connectivity index (χ1n) is 4.57. The van der Waals surface area contributed by atoms with Crippen molar-refractivity contribution in [2.24, 2.45) is 0 Å². The molecule has 0 aliphatic heterocycles. The highest BCUT2D eigenvalue weighted by molar-refractivity contribution is 8.13. The highest BCUT2D eigenvalue weighted by Gasteiger charge is 2.01. The molecule has 0 fully saturated rings. The summed E-state index contributed by atoms with van der Waals surface area (Å²) in [4.78, 5) is 11.0. The van der Waals surface area contributed by atoms with Crippen molar-refractivity contribution in [3.8, 4) is 0 Å². The lowest BCUT2D eigenvalue weighted by Crippen LogP contribution is -1.98. The van der Waals surface area contributed by atoms with E-state index >= 15 is 0 Å². The first-order valence-corrected chi connectivity index (χ1v) is 5.56. The van der Waals surface area contributed by atoms with E-state index in [1.54, 1.807) is 0 Å². The van der Waals surface area contributed by atoms with Gasteiger partial charge in [0.25, 0.3) is 0 Å². The Balaban J connectivity index is 2.38. The molecule has 0 spiro atoms. The maximum Gasteiger partial charge on any atom is 0.367 e. The molecule has 0 saturated carbocycles. The molecule has 1 aromatic carbocycles. The summed E-state index contributed by atoms with van der Waals surface area (Å²) in [6, 6.07) is 7.96. The summed E-state index contributed by atoms with van der Waals surface area (Å²) >= 11 is 1.19. The highest BCUT2D eigenvalue weighted by atomic mass is 32.2. The normalized spacial score (nSPS) is 9.86. The number of benzene rings is 1. The summed E-state index contributed by atoms with van der Waals surface area (Å²) in [7, 11) is 0. The third-order valence-corrected chi connectivity index (χ3v) is 2.38.